The molecule has 0 spiro atoms. The van der Waals surface area contributed by atoms with Crippen LogP contribution in [0.4, 0.5) is 0 Å². The van der Waals surface area contributed by atoms with E-state index in [0.29, 0.717) is 6.04 Å². The molecule has 0 aliphatic heterocycles. The molecule has 19 heavy (non-hydrogen) atoms. The molecule has 0 saturated carbocycles. The van der Waals surface area contributed by atoms with Crippen LogP contribution in [0.3, 0.4) is 0 Å². The lowest BCUT2D eigenvalue weighted by molar-refractivity contribution is 0.317. The smallest absolute Gasteiger partial charge is 0.119 e. The first-order valence-electron chi connectivity index (χ1n) is 6.77. The molecule has 0 bridgehead atoms. The molecule has 0 amide bonds. The molecule has 1 aromatic carbocycles. The Bertz CT molecular complexity index is 481. The Morgan fingerprint density at radius 2 is 2.21 bits per heavy atom. The summed E-state index contributed by atoms with van der Waals surface area (Å²) >= 11 is 1.74. The lowest BCUT2D eigenvalue weighted by atomic mass is 10.1. The van der Waals surface area contributed by atoms with Gasteiger partial charge in [0.05, 0.1) is 6.61 Å². The van der Waals surface area contributed by atoms with Crippen LogP contribution < -0.4 is 10.1 Å². The predicted molar refractivity (Wildman–Crippen MR) is 81.8 cm³/mol. The summed E-state index contributed by atoms with van der Waals surface area (Å²) in [4.78, 5) is 0. The van der Waals surface area contributed by atoms with E-state index in [4.69, 9.17) is 4.74 Å². The van der Waals surface area contributed by atoms with Gasteiger partial charge in [-0.1, -0.05) is 19.1 Å². The van der Waals surface area contributed by atoms with Crippen LogP contribution in [0.15, 0.2) is 41.1 Å². The molecule has 2 rings (SSSR count). The minimum Gasteiger partial charge on any atom is -0.494 e. The van der Waals surface area contributed by atoms with E-state index in [1.54, 1.807) is 11.3 Å². The number of benzene rings is 1. The van der Waals surface area contributed by atoms with Crippen molar-refractivity contribution in [1.82, 2.24) is 5.32 Å². The van der Waals surface area contributed by atoms with Crippen LogP contribution in [0.2, 0.25) is 0 Å². The minimum absolute atomic E-state index is 0.381. The number of nitrogens with one attached hydrogen (secondary N) is 1. The quantitative estimate of drug-likeness (QED) is 0.809. The normalized spacial score (nSPS) is 12.3. The molecule has 1 N–H and O–H groups in total. The van der Waals surface area contributed by atoms with Gasteiger partial charge in [-0.2, -0.15) is 11.3 Å². The van der Waals surface area contributed by atoms with Gasteiger partial charge in [-0.25, -0.2) is 0 Å². The van der Waals surface area contributed by atoms with E-state index >= 15 is 0 Å². The van der Waals surface area contributed by atoms with Crippen LogP contribution in [-0.2, 0) is 6.54 Å². The lowest BCUT2D eigenvalue weighted by Crippen LogP contribution is -2.17. The van der Waals surface area contributed by atoms with E-state index in [-0.39, 0.29) is 0 Å². The summed E-state index contributed by atoms with van der Waals surface area (Å²) < 4.78 is 5.65. The summed E-state index contributed by atoms with van der Waals surface area (Å²) in [6.07, 6.45) is 1.04. The number of hydrogen-bond acceptors (Lipinski definition) is 3. The third-order valence-corrected chi connectivity index (χ3v) is 3.73. The number of rotatable bonds is 7. The van der Waals surface area contributed by atoms with Crippen molar-refractivity contribution in [3.8, 4) is 5.75 Å². The highest BCUT2D eigenvalue weighted by molar-refractivity contribution is 7.07. The van der Waals surface area contributed by atoms with Gasteiger partial charge in [0.15, 0.2) is 0 Å². The standard InChI is InChI=1S/C16H21NOS/c1-3-8-18-16-6-4-5-14(10-16)11-17-13(2)15-7-9-19-12-15/h4-7,9-10,12-13,17H,3,8,11H2,1-2H3. The largest absolute Gasteiger partial charge is 0.494 e. The zero-order valence-corrected chi connectivity index (χ0v) is 12.4. The Morgan fingerprint density at radius 1 is 1.32 bits per heavy atom. The van der Waals surface area contributed by atoms with Gasteiger partial charge in [0.2, 0.25) is 0 Å². The van der Waals surface area contributed by atoms with Crippen molar-refractivity contribution in [3.05, 3.63) is 52.2 Å². The number of hydrogen-bond donors (Lipinski definition) is 1. The summed E-state index contributed by atoms with van der Waals surface area (Å²) in [5.74, 6) is 0.962. The van der Waals surface area contributed by atoms with Crippen molar-refractivity contribution in [3.63, 3.8) is 0 Å². The highest BCUT2D eigenvalue weighted by atomic mass is 32.1. The van der Waals surface area contributed by atoms with Crippen molar-refractivity contribution in [2.75, 3.05) is 6.61 Å². The van der Waals surface area contributed by atoms with Crippen LogP contribution in [0.25, 0.3) is 0 Å². The van der Waals surface area contributed by atoms with Crippen molar-refractivity contribution in [1.29, 1.82) is 0 Å². The van der Waals surface area contributed by atoms with Crippen LogP contribution in [0, 0.1) is 0 Å². The van der Waals surface area contributed by atoms with Crippen molar-refractivity contribution >= 4 is 11.3 Å². The molecule has 1 heterocycles. The SMILES string of the molecule is CCCOc1cccc(CNC(C)c2ccsc2)c1. The molecule has 0 saturated heterocycles. The van der Waals surface area contributed by atoms with Crippen LogP contribution in [0.1, 0.15) is 37.4 Å². The Hall–Kier alpha value is -1.32. The van der Waals surface area contributed by atoms with Crippen molar-refractivity contribution in [2.24, 2.45) is 0 Å². The molecule has 0 aliphatic carbocycles. The average molecular weight is 275 g/mol. The van der Waals surface area contributed by atoms with Gasteiger partial charge >= 0.3 is 0 Å². The van der Waals surface area contributed by atoms with Crippen molar-refractivity contribution in [2.45, 2.75) is 32.9 Å². The fourth-order valence-corrected chi connectivity index (χ4v) is 2.63. The Kier molecular flexibility index (Phi) is 5.43. The highest BCUT2D eigenvalue weighted by Crippen LogP contribution is 2.18. The van der Waals surface area contributed by atoms with E-state index in [1.807, 2.05) is 6.07 Å². The van der Waals surface area contributed by atoms with E-state index in [9.17, 15) is 0 Å². The highest BCUT2D eigenvalue weighted by Gasteiger charge is 2.05. The Morgan fingerprint density at radius 3 is 2.95 bits per heavy atom. The maximum Gasteiger partial charge on any atom is 0.119 e. The summed E-state index contributed by atoms with van der Waals surface area (Å²) in [6, 6.07) is 10.9. The summed E-state index contributed by atoms with van der Waals surface area (Å²) in [7, 11) is 0. The van der Waals surface area contributed by atoms with Gasteiger partial charge in [-0.05, 0) is 53.4 Å². The van der Waals surface area contributed by atoms with Gasteiger partial charge in [0.25, 0.3) is 0 Å². The van der Waals surface area contributed by atoms with E-state index in [0.717, 1.165) is 25.3 Å². The minimum atomic E-state index is 0.381. The Balaban J connectivity index is 1.88. The molecule has 2 aromatic rings. The molecular formula is C16H21NOS. The molecule has 102 valence electrons. The van der Waals surface area contributed by atoms with Gasteiger partial charge < -0.3 is 10.1 Å². The average Bonchev–Trinajstić information content (AvgIpc) is 2.97. The number of thiophene rings is 1. The van der Waals surface area contributed by atoms with Crippen LogP contribution in [0.5, 0.6) is 5.75 Å². The van der Waals surface area contributed by atoms with E-state index in [1.165, 1.54) is 11.1 Å². The van der Waals surface area contributed by atoms with Crippen molar-refractivity contribution < 1.29 is 4.74 Å². The van der Waals surface area contributed by atoms with Gasteiger partial charge in [0, 0.05) is 12.6 Å². The monoisotopic (exact) mass is 275 g/mol. The maximum absolute atomic E-state index is 5.65. The summed E-state index contributed by atoms with van der Waals surface area (Å²) in [6.45, 7) is 5.95. The lowest BCUT2D eigenvalue weighted by Gasteiger charge is -2.13. The Labute approximate surface area is 119 Å². The number of ether oxygens (including phenoxy) is 1. The molecule has 0 radical (unpaired) electrons. The summed E-state index contributed by atoms with van der Waals surface area (Å²) in [5.41, 5.74) is 2.61. The summed E-state index contributed by atoms with van der Waals surface area (Å²) in [5, 5.41) is 7.85. The maximum atomic E-state index is 5.65. The first kappa shape index (κ1) is 14.1. The zero-order valence-electron chi connectivity index (χ0n) is 11.6. The predicted octanol–water partition coefficient (Wildman–Crippen LogP) is 4.39. The van der Waals surface area contributed by atoms with Gasteiger partial charge in [-0.3, -0.25) is 0 Å². The first-order chi connectivity index (χ1) is 9.29. The molecule has 3 heteroatoms. The second-order valence-corrected chi connectivity index (χ2v) is 5.44. The molecule has 1 atom stereocenters. The molecule has 1 unspecified atom stereocenters. The molecular weight excluding hydrogens is 254 g/mol. The second kappa shape index (κ2) is 7.31. The molecule has 0 aliphatic rings. The molecule has 0 fully saturated rings. The van der Waals surface area contributed by atoms with E-state index in [2.05, 4.69) is 54.2 Å². The van der Waals surface area contributed by atoms with Crippen LogP contribution >= 0.6 is 11.3 Å². The third kappa shape index (κ3) is 4.37. The molecule has 2 nitrogen and oxygen atoms in total. The third-order valence-electron chi connectivity index (χ3n) is 3.03. The zero-order chi connectivity index (χ0) is 13.5. The van der Waals surface area contributed by atoms with Gasteiger partial charge in [-0.15, -0.1) is 0 Å². The van der Waals surface area contributed by atoms with Crippen LogP contribution in [-0.4, -0.2) is 6.61 Å². The fourth-order valence-electron chi connectivity index (χ4n) is 1.88. The van der Waals surface area contributed by atoms with E-state index < -0.39 is 0 Å². The van der Waals surface area contributed by atoms with Gasteiger partial charge in [0.1, 0.15) is 5.75 Å². The molecule has 1 aromatic heterocycles. The fraction of sp³-hybridized carbons (Fsp3) is 0.375. The topological polar surface area (TPSA) is 21.3 Å². The second-order valence-electron chi connectivity index (χ2n) is 4.66. The first-order valence-corrected chi connectivity index (χ1v) is 7.71.